The molecule has 2 aromatic rings. The standard InChI is InChI=1S/C16H22N4O/c1-4-17-16(21)9-13-5-7-15(8-6-13)18-10-14-11-19-20(3)12(14)2/h5-8,11,18H,4,9-10H2,1-3H3,(H,17,21). The van der Waals surface area contributed by atoms with Crippen LogP contribution in [0.4, 0.5) is 5.69 Å². The SMILES string of the molecule is CCNC(=O)Cc1ccc(NCc2cnn(C)c2C)cc1. The molecule has 0 bridgehead atoms. The van der Waals surface area contributed by atoms with Gasteiger partial charge in [0.15, 0.2) is 0 Å². The number of hydrogen-bond donors (Lipinski definition) is 2. The number of amides is 1. The van der Waals surface area contributed by atoms with E-state index < -0.39 is 0 Å². The molecule has 1 aromatic carbocycles. The van der Waals surface area contributed by atoms with E-state index in [0.717, 1.165) is 23.5 Å². The van der Waals surface area contributed by atoms with Crippen LogP contribution in [0.3, 0.4) is 0 Å². The number of hydrogen-bond acceptors (Lipinski definition) is 3. The second-order valence-corrected chi connectivity index (χ2v) is 5.06. The Labute approximate surface area is 125 Å². The first-order chi connectivity index (χ1) is 10.1. The molecule has 0 atom stereocenters. The van der Waals surface area contributed by atoms with Crippen molar-refractivity contribution in [2.75, 3.05) is 11.9 Å². The van der Waals surface area contributed by atoms with Crippen molar-refractivity contribution in [2.24, 2.45) is 7.05 Å². The van der Waals surface area contributed by atoms with Gasteiger partial charge in [0, 0.05) is 37.1 Å². The van der Waals surface area contributed by atoms with Gasteiger partial charge < -0.3 is 10.6 Å². The molecule has 5 heteroatoms. The Bertz CT molecular complexity index is 601. The van der Waals surface area contributed by atoms with Gasteiger partial charge >= 0.3 is 0 Å². The summed E-state index contributed by atoms with van der Waals surface area (Å²) in [6.07, 6.45) is 2.31. The molecule has 2 rings (SSSR count). The summed E-state index contributed by atoms with van der Waals surface area (Å²) in [5.74, 6) is 0.0594. The molecule has 1 amide bonds. The summed E-state index contributed by atoms with van der Waals surface area (Å²) in [6.45, 7) is 5.39. The van der Waals surface area contributed by atoms with E-state index >= 15 is 0 Å². The van der Waals surface area contributed by atoms with Crippen molar-refractivity contribution >= 4 is 11.6 Å². The van der Waals surface area contributed by atoms with Crippen molar-refractivity contribution in [3.05, 3.63) is 47.3 Å². The first-order valence-corrected chi connectivity index (χ1v) is 7.17. The minimum absolute atomic E-state index is 0.0594. The maximum Gasteiger partial charge on any atom is 0.224 e. The quantitative estimate of drug-likeness (QED) is 0.854. The third kappa shape index (κ3) is 4.08. The van der Waals surface area contributed by atoms with Crippen LogP contribution in [0, 0.1) is 6.92 Å². The first-order valence-electron chi connectivity index (χ1n) is 7.17. The molecule has 0 saturated heterocycles. The number of carbonyl (C=O) groups is 1. The molecule has 0 radical (unpaired) electrons. The Balaban J connectivity index is 1.90. The maximum atomic E-state index is 11.5. The van der Waals surface area contributed by atoms with Crippen LogP contribution in [0.2, 0.25) is 0 Å². The van der Waals surface area contributed by atoms with Gasteiger partial charge in [-0.15, -0.1) is 0 Å². The van der Waals surface area contributed by atoms with E-state index in [2.05, 4.69) is 22.7 Å². The minimum atomic E-state index is 0.0594. The second kappa shape index (κ2) is 6.92. The average molecular weight is 286 g/mol. The van der Waals surface area contributed by atoms with Gasteiger partial charge in [-0.25, -0.2) is 0 Å². The molecule has 0 spiro atoms. The van der Waals surface area contributed by atoms with Crippen LogP contribution in [0.5, 0.6) is 0 Å². The lowest BCUT2D eigenvalue weighted by molar-refractivity contribution is -0.120. The Morgan fingerprint density at radius 1 is 1.29 bits per heavy atom. The fraction of sp³-hybridized carbons (Fsp3) is 0.375. The number of rotatable bonds is 6. The zero-order valence-electron chi connectivity index (χ0n) is 12.8. The molecule has 5 nitrogen and oxygen atoms in total. The fourth-order valence-corrected chi connectivity index (χ4v) is 2.10. The number of likely N-dealkylation sites (N-methyl/N-ethyl adjacent to an activating group) is 1. The number of anilines is 1. The monoisotopic (exact) mass is 286 g/mol. The minimum Gasteiger partial charge on any atom is -0.381 e. The Kier molecular flexibility index (Phi) is 4.98. The van der Waals surface area contributed by atoms with Crippen LogP contribution in [-0.4, -0.2) is 22.2 Å². The molecule has 1 heterocycles. The predicted molar refractivity (Wildman–Crippen MR) is 84.1 cm³/mol. The number of benzene rings is 1. The number of aryl methyl sites for hydroxylation is 1. The molecule has 0 saturated carbocycles. The average Bonchev–Trinajstić information content (AvgIpc) is 2.78. The highest BCUT2D eigenvalue weighted by atomic mass is 16.1. The van der Waals surface area contributed by atoms with Gasteiger partial charge in [-0.2, -0.15) is 5.10 Å². The lowest BCUT2D eigenvalue weighted by atomic mass is 10.1. The van der Waals surface area contributed by atoms with Crippen molar-refractivity contribution < 1.29 is 4.79 Å². The summed E-state index contributed by atoms with van der Waals surface area (Å²) < 4.78 is 1.87. The summed E-state index contributed by atoms with van der Waals surface area (Å²) >= 11 is 0. The predicted octanol–water partition coefficient (Wildman–Crippen LogP) is 2.02. The van der Waals surface area contributed by atoms with Crippen molar-refractivity contribution in [1.82, 2.24) is 15.1 Å². The zero-order valence-corrected chi connectivity index (χ0v) is 12.8. The van der Waals surface area contributed by atoms with Gasteiger partial charge in [0.05, 0.1) is 12.6 Å². The van der Waals surface area contributed by atoms with Gasteiger partial charge in [-0.05, 0) is 31.5 Å². The van der Waals surface area contributed by atoms with E-state index in [9.17, 15) is 4.79 Å². The van der Waals surface area contributed by atoms with Gasteiger partial charge in [-0.1, -0.05) is 12.1 Å². The summed E-state index contributed by atoms with van der Waals surface area (Å²) in [5.41, 5.74) is 4.40. The molecule has 0 aliphatic heterocycles. The molecule has 0 aliphatic carbocycles. The highest BCUT2D eigenvalue weighted by Crippen LogP contribution is 2.13. The van der Waals surface area contributed by atoms with E-state index in [1.54, 1.807) is 0 Å². The maximum absolute atomic E-state index is 11.5. The fourth-order valence-electron chi connectivity index (χ4n) is 2.10. The van der Waals surface area contributed by atoms with Crippen LogP contribution in [0.1, 0.15) is 23.7 Å². The molecule has 0 fully saturated rings. The van der Waals surface area contributed by atoms with E-state index in [0.29, 0.717) is 13.0 Å². The molecule has 112 valence electrons. The molecule has 21 heavy (non-hydrogen) atoms. The van der Waals surface area contributed by atoms with Crippen molar-refractivity contribution in [2.45, 2.75) is 26.8 Å². The normalized spacial score (nSPS) is 10.4. The van der Waals surface area contributed by atoms with Crippen molar-refractivity contribution in [3.8, 4) is 0 Å². The smallest absolute Gasteiger partial charge is 0.224 e. The summed E-state index contributed by atoms with van der Waals surface area (Å²) in [5, 5.41) is 10.4. The number of carbonyl (C=O) groups excluding carboxylic acids is 1. The van der Waals surface area contributed by atoms with Crippen LogP contribution < -0.4 is 10.6 Å². The first kappa shape index (κ1) is 15.1. The van der Waals surface area contributed by atoms with Crippen molar-refractivity contribution in [1.29, 1.82) is 0 Å². The van der Waals surface area contributed by atoms with Crippen LogP contribution in [-0.2, 0) is 24.8 Å². The molecular weight excluding hydrogens is 264 g/mol. The largest absolute Gasteiger partial charge is 0.381 e. The molecule has 1 aromatic heterocycles. The van der Waals surface area contributed by atoms with Gasteiger partial charge in [0.2, 0.25) is 5.91 Å². The van der Waals surface area contributed by atoms with E-state index in [4.69, 9.17) is 0 Å². The highest BCUT2D eigenvalue weighted by molar-refractivity contribution is 5.78. The Hall–Kier alpha value is -2.30. The highest BCUT2D eigenvalue weighted by Gasteiger charge is 2.04. The zero-order chi connectivity index (χ0) is 15.2. The van der Waals surface area contributed by atoms with E-state index in [1.165, 1.54) is 5.56 Å². The van der Waals surface area contributed by atoms with Crippen molar-refractivity contribution in [3.63, 3.8) is 0 Å². The third-order valence-electron chi connectivity index (χ3n) is 3.51. The molecular formula is C16H22N4O. The van der Waals surface area contributed by atoms with Crippen LogP contribution in [0.25, 0.3) is 0 Å². The third-order valence-corrected chi connectivity index (χ3v) is 3.51. The van der Waals surface area contributed by atoms with Gasteiger partial charge in [-0.3, -0.25) is 9.48 Å². The van der Waals surface area contributed by atoms with Crippen LogP contribution >= 0.6 is 0 Å². The summed E-state index contributed by atoms with van der Waals surface area (Å²) in [7, 11) is 1.94. The Morgan fingerprint density at radius 3 is 2.57 bits per heavy atom. The Morgan fingerprint density at radius 2 is 2.00 bits per heavy atom. The van der Waals surface area contributed by atoms with Gasteiger partial charge in [0.25, 0.3) is 0 Å². The summed E-state index contributed by atoms with van der Waals surface area (Å²) in [4.78, 5) is 11.5. The van der Waals surface area contributed by atoms with Gasteiger partial charge in [0.1, 0.15) is 0 Å². The van der Waals surface area contributed by atoms with E-state index in [-0.39, 0.29) is 5.91 Å². The van der Waals surface area contributed by atoms with E-state index in [1.807, 2.05) is 49.1 Å². The number of aromatic nitrogens is 2. The molecule has 0 unspecified atom stereocenters. The number of nitrogens with one attached hydrogen (secondary N) is 2. The molecule has 2 N–H and O–H groups in total. The number of nitrogens with zero attached hydrogens (tertiary/aromatic N) is 2. The lowest BCUT2D eigenvalue weighted by Gasteiger charge is -2.07. The van der Waals surface area contributed by atoms with Crippen LogP contribution in [0.15, 0.2) is 30.5 Å². The topological polar surface area (TPSA) is 59.0 Å². The molecule has 0 aliphatic rings. The summed E-state index contributed by atoms with van der Waals surface area (Å²) in [6, 6.07) is 7.96. The lowest BCUT2D eigenvalue weighted by Crippen LogP contribution is -2.24. The second-order valence-electron chi connectivity index (χ2n) is 5.06.